The summed E-state index contributed by atoms with van der Waals surface area (Å²) in [5.74, 6) is -0.316. The Labute approximate surface area is 110 Å². The Balaban J connectivity index is 1.98. The van der Waals surface area contributed by atoms with Gasteiger partial charge in [-0.05, 0) is 24.3 Å². The zero-order chi connectivity index (χ0) is 13.0. The van der Waals surface area contributed by atoms with Gasteiger partial charge in [-0.3, -0.25) is 14.4 Å². The van der Waals surface area contributed by atoms with E-state index < -0.39 is 0 Å². The molecule has 1 saturated heterocycles. The summed E-state index contributed by atoms with van der Waals surface area (Å²) in [7, 11) is 1.41. The van der Waals surface area contributed by atoms with E-state index in [0.29, 0.717) is 13.1 Å². The minimum Gasteiger partial charge on any atom is -0.337 e. The van der Waals surface area contributed by atoms with Crippen LogP contribution in [0.4, 0.5) is 0 Å². The van der Waals surface area contributed by atoms with Crippen molar-refractivity contribution >= 4 is 23.2 Å². The lowest BCUT2D eigenvalue weighted by Gasteiger charge is -2.31. The summed E-state index contributed by atoms with van der Waals surface area (Å²) in [6, 6.07) is 3.67. The molecule has 6 heteroatoms. The number of hydrogen-bond acceptors (Lipinski definition) is 4. The zero-order valence-corrected chi connectivity index (χ0v) is 11.0. The molecule has 2 amide bonds. The topological polar surface area (TPSA) is 58.6 Å². The van der Waals surface area contributed by atoms with Crippen LogP contribution in [0.3, 0.4) is 0 Å². The molecule has 5 nitrogen and oxygen atoms in total. The van der Waals surface area contributed by atoms with E-state index in [0.717, 1.165) is 17.7 Å². The van der Waals surface area contributed by atoms with Gasteiger partial charge in [0.15, 0.2) is 0 Å². The fourth-order valence-electron chi connectivity index (χ4n) is 2.12. The highest BCUT2D eigenvalue weighted by Crippen LogP contribution is 2.20. The molecule has 0 radical (unpaired) electrons. The van der Waals surface area contributed by atoms with Crippen molar-refractivity contribution in [3.05, 3.63) is 22.4 Å². The molecule has 1 aromatic heterocycles. The van der Waals surface area contributed by atoms with Crippen molar-refractivity contribution in [2.75, 3.05) is 20.2 Å². The number of nitrogens with one attached hydrogen (secondary N) is 1. The molecule has 1 unspecified atom stereocenters. The third-order valence-electron chi connectivity index (χ3n) is 3.01. The van der Waals surface area contributed by atoms with Gasteiger partial charge in [0.25, 0.3) is 5.91 Å². The summed E-state index contributed by atoms with van der Waals surface area (Å²) in [5, 5.41) is 1.88. The Morgan fingerprint density at radius 1 is 1.56 bits per heavy atom. The van der Waals surface area contributed by atoms with Gasteiger partial charge in [-0.15, -0.1) is 11.3 Å². The predicted octanol–water partition coefficient (Wildman–Crippen LogP) is 1.28. The molecule has 0 aromatic carbocycles. The summed E-state index contributed by atoms with van der Waals surface area (Å²) >= 11 is 1.43. The summed E-state index contributed by atoms with van der Waals surface area (Å²) in [6.45, 7) is 1.18. The molecule has 0 bridgehead atoms. The largest absolute Gasteiger partial charge is 0.337 e. The fraction of sp³-hybridized carbons (Fsp3) is 0.500. The predicted molar refractivity (Wildman–Crippen MR) is 68.1 cm³/mol. The monoisotopic (exact) mass is 268 g/mol. The van der Waals surface area contributed by atoms with E-state index in [1.807, 2.05) is 17.5 Å². The van der Waals surface area contributed by atoms with E-state index in [9.17, 15) is 9.59 Å². The molecule has 2 rings (SSSR count). The van der Waals surface area contributed by atoms with Crippen LogP contribution in [0.25, 0.3) is 0 Å². The van der Waals surface area contributed by atoms with E-state index >= 15 is 0 Å². The molecule has 18 heavy (non-hydrogen) atoms. The number of hydroxylamine groups is 1. The van der Waals surface area contributed by atoms with E-state index in [1.165, 1.54) is 18.4 Å². The van der Waals surface area contributed by atoms with Crippen molar-refractivity contribution in [3.63, 3.8) is 0 Å². The van der Waals surface area contributed by atoms with Crippen LogP contribution >= 0.6 is 11.3 Å². The Hall–Kier alpha value is -1.40. The number of piperidine rings is 1. The average molecular weight is 268 g/mol. The highest BCUT2D eigenvalue weighted by Gasteiger charge is 2.29. The van der Waals surface area contributed by atoms with Crippen LogP contribution in [0.15, 0.2) is 17.5 Å². The molecule has 1 atom stereocenters. The first-order chi connectivity index (χ1) is 8.72. The van der Waals surface area contributed by atoms with Crippen molar-refractivity contribution in [1.29, 1.82) is 0 Å². The van der Waals surface area contributed by atoms with Crippen LogP contribution in [-0.4, -0.2) is 36.9 Å². The van der Waals surface area contributed by atoms with Crippen molar-refractivity contribution < 1.29 is 14.4 Å². The molecule has 0 spiro atoms. The van der Waals surface area contributed by atoms with E-state index in [1.54, 1.807) is 4.90 Å². The highest BCUT2D eigenvalue weighted by molar-refractivity contribution is 7.12. The van der Waals surface area contributed by atoms with Gasteiger partial charge in [-0.2, -0.15) is 0 Å². The number of thiophene rings is 1. The van der Waals surface area contributed by atoms with Crippen LogP contribution in [-0.2, 0) is 9.63 Å². The third kappa shape index (κ3) is 2.88. The highest BCUT2D eigenvalue weighted by atomic mass is 32.1. The van der Waals surface area contributed by atoms with Crippen molar-refractivity contribution in [1.82, 2.24) is 10.4 Å². The van der Waals surface area contributed by atoms with Gasteiger partial charge in [0, 0.05) is 13.1 Å². The van der Waals surface area contributed by atoms with E-state index in [4.69, 9.17) is 0 Å². The maximum atomic E-state index is 12.2. The Kier molecular flexibility index (Phi) is 4.33. The number of amides is 2. The average Bonchev–Trinajstić information content (AvgIpc) is 2.92. The van der Waals surface area contributed by atoms with Crippen LogP contribution in [0.1, 0.15) is 22.5 Å². The van der Waals surface area contributed by atoms with Crippen molar-refractivity contribution in [3.8, 4) is 0 Å². The van der Waals surface area contributed by atoms with Crippen molar-refractivity contribution in [2.45, 2.75) is 12.8 Å². The molecule has 1 N–H and O–H groups in total. The number of rotatable bonds is 3. The molecule has 1 aliphatic heterocycles. The fourth-order valence-corrected chi connectivity index (χ4v) is 2.81. The molecule has 98 valence electrons. The van der Waals surface area contributed by atoms with Crippen LogP contribution in [0, 0.1) is 5.92 Å². The molecule has 1 fully saturated rings. The minimum absolute atomic E-state index is 0.0138. The molecule has 1 aliphatic rings. The number of likely N-dealkylation sites (tertiary alicyclic amines) is 1. The Morgan fingerprint density at radius 2 is 2.39 bits per heavy atom. The van der Waals surface area contributed by atoms with Gasteiger partial charge in [-0.25, -0.2) is 5.48 Å². The van der Waals surface area contributed by atoms with E-state index in [2.05, 4.69) is 10.3 Å². The van der Waals surface area contributed by atoms with Crippen molar-refractivity contribution in [2.24, 2.45) is 5.92 Å². The standard InChI is InChI=1S/C12H16N2O3S/c1-17-13-11(15)9-4-2-6-14(8-9)12(16)10-5-3-7-18-10/h3,5,7,9H,2,4,6,8H2,1H3,(H,13,15). The number of carbonyl (C=O) groups is 2. The molecule has 0 aliphatic carbocycles. The quantitative estimate of drug-likeness (QED) is 0.840. The van der Waals surface area contributed by atoms with Gasteiger partial charge in [0.05, 0.1) is 17.9 Å². The smallest absolute Gasteiger partial charge is 0.263 e. The number of nitrogens with zero attached hydrogens (tertiary/aromatic N) is 1. The van der Waals surface area contributed by atoms with Crippen LogP contribution in [0.5, 0.6) is 0 Å². The van der Waals surface area contributed by atoms with Crippen LogP contribution in [0.2, 0.25) is 0 Å². The second-order valence-corrected chi connectivity index (χ2v) is 5.19. The number of carbonyl (C=O) groups excluding carboxylic acids is 2. The normalized spacial score (nSPS) is 19.6. The minimum atomic E-state index is -0.178. The third-order valence-corrected chi connectivity index (χ3v) is 3.87. The van der Waals surface area contributed by atoms with Gasteiger partial charge in [0.2, 0.25) is 5.91 Å². The molecule has 1 aromatic rings. The molecular weight excluding hydrogens is 252 g/mol. The zero-order valence-electron chi connectivity index (χ0n) is 10.2. The summed E-state index contributed by atoms with van der Waals surface area (Å²) in [6.07, 6.45) is 1.64. The van der Waals surface area contributed by atoms with Crippen LogP contribution < -0.4 is 5.48 Å². The lowest BCUT2D eigenvalue weighted by molar-refractivity contribution is -0.136. The Bertz CT molecular complexity index is 419. The summed E-state index contributed by atoms with van der Waals surface area (Å²) < 4.78 is 0. The summed E-state index contributed by atoms with van der Waals surface area (Å²) in [5.41, 5.74) is 2.34. The maximum Gasteiger partial charge on any atom is 0.263 e. The molecule has 2 heterocycles. The lowest BCUT2D eigenvalue weighted by atomic mass is 9.97. The van der Waals surface area contributed by atoms with Gasteiger partial charge < -0.3 is 4.90 Å². The first-order valence-electron chi connectivity index (χ1n) is 5.88. The van der Waals surface area contributed by atoms with Gasteiger partial charge in [0.1, 0.15) is 0 Å². The maximum absolute atomic E-state index is 12.2. The first-order valence-corrected chi connectivity index (χ1v) is 6.76. The number of hydrogen-bond donors (Lipinski definition) is 1. The lowest BCUT2D eigenvalue weighted by Crippen LogP contribution is -2.45. The molecular formula is C12H16N2O3S. The van der Waals surface area contributed by atoms with Gasteiger partial charge >= 0.3 is 0 Å². The second-order valence-electron chi connectivity index (χ2n) is 4.24. The summed E-state index contributed by atoms with van der Waals surface area (Å²) in [4.78, 5) is 30.9. The SMILES string of the molecule is CONC(=O)C1CCCN(C(=O)c2cccs2)C1. The first kappa shape index (κ1) is 13.0. The molecule has 0 saturated carbocycles. The second kappa shape index (κ2) is 5.97. The van der Waals surface area contributed by atoms with E-state index in [-0.39, 0.29) is 17.7 Å². The van der Waals surface area contributed by atoms with Gasteiger partial charge in [-0.1, -0.05) is 6.07 Å². The Morgan fingerprint density at radius 3 is 3.06 bits per heavy atom.